The second-order valence-electron chi connectivity index (χ2n) is 10.2. The summed E-state index contributed by atoms with van der Waals surface area (Å²) < 4.78 is 5.38. The molecule has 0 fully saturated rings. The number of unbranched alkanes of at least 4 members (excludes halogenated alkanes) is 16. The largest absolute Gasteiger partial charge is 0.481 e. The molecule has 0 amide bonds. The third-order valence-electron chi connectivity index (χ3n) is 6.58. The first-order valence-electron chi connectivity index (χ1n) is 15.5. The van der Waals surface area contributed by atoms with Crippen molar-refractivity contribution in [3.8, 4) is 0 Å². The Kier molecular flexibility index (Phi) is 28.9. The maximum Gasteiger partial charge on any atom is 0.305 e. The fourth-order valence-corrected chi connectivity index (χ4v) is 4.29. The fraction of sp³-hybridized carbons (Fsp3) is 0.758. The number of carbonyl (C=O) groups excluding carboxylic acids is 1. The number of carboxylic acid groups (broad SMARTS) is 1. The van der Waals surface area contributed by atoms with Gasteiger partial charge in [-0.25, -0.2) is 0 Å². The van der Waals surface area contributed by atoms with Crippen molar-refractivity contribution in [2.24, 2.45) is 0 Å². The number of hydrogen-bond acceptors (Lipinski definition) is 3. The van der Waals surface area contributed by atoms with Gasteiger partial charge in [0.2, 0.25) is 0 Å². The van der Waals surface area contributed by atoms with Gasteiger partial charge in [-0.2, -0.15) is 0 Å². The molecule has 0 spiro atoms. The van der Waals surface area contributed by atoms with E-state index in [0.29, 0.717) is 19.4 Å². The Hall–Kier alpha value is -1.84. The summed E-state index contributed by atoms with van der Waals surface area (Å²) in [6.45, 7) is 2.74. The van der Waals surface area contributed by atoms with Crippen molar-refractivity contribution in [2.45, 2.75) is 155 Å². The zero-order valence-electron chi connectivity index (χ0n) is 24.1. The number of allylic oxidation sites excluding steroid dienone is 6. The SMILES string of the molecule is CC/C=C\C/C=C\C/C=C\CCCCCCCC(=O)OCCCCCCCCCCCCCCC(=O)O. The summed E-state index contributed by atoms with van der Waals surface area (Å²) in [5.41, 5.74) is 0. The molecule has 37 heavy (non-hydrogen) atoms. The molecule has 0 aromatic rings. The number of ether oxygens (including phenoxy) is 1. The van der Waals surface area contributed by atoms with Crippen LogP contribution < -0.4 is 0 Å². The Morgan fingerprint density at radius 1 is 0.541 bits per heavy atom. The van der Waals surface area contributed by atoms with Gasteiger partial charge in [-0.15, -0.1) is 0 Å². The first kappa shape index (κ1) is 35.2. The highest BCUT2D eigenvalue weighted by Gasteiger charge is 2.02. The topological polar surface area (TPSA) is 63.6 Å². The molecule has 0 aliphatic rings. The van der Waals surface area contributed by atoms with Crippen LogP contribution in [0.5, 0.6) is 0 Å². The number of esters is 1. The average molecular weight is 519 g/mol. The molecule has 0 rings (SSSR count). The molecule has 4 nitrogen and oxygen atoms in total. The highest BCUT2D eigenvalue weighted by molar-refractivity contribution is 5.69. The minimum absolute atomic E-state index is 0.0240. The Morgan fingerprint density at radius 3 is 1.51 bits per heavy atom. The molecule has 0 unspecified atom stereocenters. The van der Waals surface area contributed by atoms with E-state index in [9.17, 15) is 9.59 Å². The molecular weight excluding hydrogens is 460 g/mol. The van der Waals surface area contributed by atoms with E-state index >= 15 is 0 Å². The summed E-state index contributed by atoms with van der Waals surface area (Å²) in [5, 5.41) is 8.61. The second kappa shape index (κ2) is 30.4. The van der Waals surface area contributed by atoms with E-state index in [-0.39, 0.29) is 5.97 Å². The summed E-state index contributed by atoms with van der Waals surface area (Å²) in [4.78, 5) is 22.3. The lowest BCUT2D eigenvalue weighted by Crippen LogP contribution is -2.05. The van der Waals surface area contributed by atoms with Crippen molar-refractivity contribution < 1.29 is 19.4 Å². The number of rotatable bonds is 28. The lowest BCUT2D eigenvalue weighted by atomic mass is 10.0. The molecule has 0 saturated heterocycles. The number of carboxylic acids is 1. The van der Waals surface area contributed by atoms with Crippen molar-refractivity contribution in [3.63, 3.8) is 0 Å². The number of hydrogen-bond donors (Lipinski definition) is 1. The molecule has 0 aromatic carbocycles. The Labute approximate surface area is 229 Å². The van der Waals surface area contributed by atoms with E-state index in [0.717, 1.165) is 64.2 Å². The minimum atomic E-state index is -0.676. The quantitative estimate of drug-likeness (QED) is 0.0635. The zero-order chi connectivity index (χ0) is 27.1. The third-order valence-corrected chi connectivity index (χ3v) is 6.58. The van der Waals surface area contributed by atoms with Crippen molar-refractivity contribution in [3.05, 3.63) is 36.5 Å². The van der Waals surface area contributed by atoms with Crippen molar-refractivity contribution >= 4 is 11.9 Å². The van der Waals surface area contributed by atoms with Crippen LogP contribution in [-0.4, -0.2) is 23.7 Å². The highest BCUT2D eigenvalue weighted by Crippen LogP contribution is 2.13. The first-order valence-corrected chi connectivity index (χ1v) is 15.5. The van der Waals surface area contributed by atoms with Crippen LogP contribution in [0.2, 0.25) is 0 Å². The lowest BCUT2D eigenvalue weighted by Gasteiger charge is -2.05. The standard InChI is InChI=1S/C33H58O4/c1-2-3-4-5-6-7-8-9-10-11-15-18-21-24-27-30-33(36)37-31-28-25-22-19-16-13-12-14-17-20-23-26-29-32(34)35/h3-4,6-7,9-10H,2,5,8,11-31H2,1H3,(H,34,35)/b4-3-,7-6-,10-9-. The molecule has 0 atom stereocenters. The smallest absolute Gasteiger partial charge is 0.305 e. The lowest BCUT2D eigenvalue weighted by molar-refractivity contribution is -0.144. The summed E-state index contributed by atoms with van der Waals surface area (Å²) in [7, 11) is 0. The van der Waals surface area contributed by atoms with Crippen LogP contribution >= 0.6 is 0 Å². The van der Waals surface area contributed by atoms with Crippen LogP contribution in [0.4, 0.5) is 0 Å². The molecule has 0 heterocycles. The summed E-state index contributed by atoms with van der Waals surface area (Å²) in [5.74, 6) is -0.700. The van der Waals surface area contributed by atoms with Gasteiger partial charge in [0.25, 0.3) is 0 Å². The van der Waals surface area contributed by atoms with E-state index in [4.69, 9.17) is 9.84 Å². The Balaban J connectivity index is 3.25. The molecule has 0 aliphatic heterocycles. The van der Waals surface area contributed by atoms with Gasteiger partial charge >= 0.3 is 11.9 Å². The summed E-state index contributed by atoms with van der Waals surface area (Å²) in [6, 6.07) is 0. The Bertz CT molecular complexity index is 591. The normalized spacial score (nSPS) is 11.8. The van der Waals surface area contributed by atoms with Crippen LogP contribution in [0.3, 0.4) is 0 Å². The number of carbonyl (C=O) groups is 2. The molecule has 0 saturated carbocycles. The average Bonchev–Trinajstić information content (AvgIpc) is 2.88. The van der Waals surface area contributed by atoms with Gasteiger partial charge in [-0.3, -0.25) is 9.59 Å². The molecule has 1 N–H and O–H groups in total. The molecule has 0 aliphatic carbocycles. The van der Waals surface area contributed by atoms with E-state index in [2.05, 4.69) is 43.4 Å². The summed E-state index contributed by atoms with van der Waals surface area (Å²) in [6.07, 6.45) is 38.5. The molecule has 0 aromatic heterocycles. The van der Waals surface area contributed by atoms with Crippen LogP contribution in [0.1, 0.15) is 155 Å². The van der Waals surface area contributed by atoms with Crippen LogP contribution in [0.25, 0.3) is 0 Å². The van der Waals surface area contributed by atoms with Gasteiger partial charge in [-0.1, -0.05) is 127 Å². The van der Waals surface area contributed by atoms with Gasteiger partial charge in [-0.05, 0) is 51.4 Å². The monoisotopic (exact) mass is 518 g/mol. The predicted octanol–water partition coefficient (Wildman–Crippen LogP) is 10.3. The van der Waals surface area contributed by atoms with Gasteiger partial charge < -0.3 is 9.84 Å². The van der Waals surface area contributed by atoms with Crippen LogP contribution in [0, 0.1) is 0 Å². The van der Waals surface area contributed by atoms with E-state index in [1.54, 1.807) is 0 Å². The second-order valence-corrected chi connectivity index (χ2v) is 10.2. The molecular formula is C33H58O4. The molecule has 214 valence electrons. The van der Waals surface area contributed by atoms with Gasteiger partial charge in [0.15, 0.2) is 0 Å². The van der Waals surface area contributed by atoms with Crippen LogP contribution in [-0.2, 0) is 14.3 Å². The van der Waals surface area contributed by atoms with Gasteiger partial charge in [0, 0.05) is 12.8 Å². The van der Waals surface area contributed by atoms with E-state index in [1.165, 1.54) is 70.6 Å². The number of aliphatic carboxylic acids is 1. The third kappa shape index (κ3) is 32.1. The van der Waals surface area contributed by atoms with Crippen molar-refractivity contribution in [2.75, 3.05) is 6.61 Å². The van der Waals surface area contributed by atoms with Gasteiger partial charge in [0.1, 0.15) is 0 Å². The van der Waals surface area contributed by atoms with Crippen LogP contribution in [0.15, 0.2) is 36.5 Å². The fourth-order valence-electron chi connectivity index (χ4n) is 4.29. The highest BCUT2D eigenvalue weighted by atomic mass is 16.5. The summed E-state index contributed by atoms with van der Waals surface area (Å²) >= 11 is 0. The zero-order valence-corrected chi connectivity index (χ0v) is 24.1. The van der Waals surface area contributed by atoms with Crippen molar-refractivity contribution in [1.29, 1.82) is 0 Å². The predicted molar refractivity (Wildman–Crippen MR) is 158 cm³/mol. The first-order chi connectivity index (χ1) is 18.2. The minimum Gasteiger partial charge on any atom is -0.481 e. The van der Waals surface area contributed by atoms with E-state index in [1.807, 2.05) is 0 Å². The maximum atomic E-state index is 11.9. The van der Waals surface area contributed by atoms with E-state index < -0.39 is 5.97 Å². The maximum absolute atomic E-state index is 11.9. The molecule has 4 heteroatoms. The van der Waals surface area contributed by atoms with Crippen molar-refractivity contribution in [1.82, 2.24) is 0 Å². The molecule has 0 bridgehead atoms. The Morgan fingerprint density at radius 2 is 0.973 bits per heavy atom. The molecule has 0 radical (unpaired) electrons. The van der Waals surface area contributed by atoms with Gasteiger partial charge in [0.05, 0.1) is 6.61 Å².